The largest absolute Gasteiger partial charge is 0.378 e. The maximum Gasteiger partial charge on any atom is 0.261 e. The summed E-state index contributed by atoms with van der Waals surface area (Å²) in [6.45, 7) is 0. The van der Waals surface area contributed by atoms with E-state index in [1.54, 1.807) is 42.5 Å². The molecule has 0 aromatic heterocycles. The molecule has 3 aromatic rings. The minimum Gasteiger partial charge on any atom is -0.378 e. The quantitative estimate of drug-likeness (QED) is 0.680. The fraction of sp³-hybridized carbons (Fsp3) is 0.100. The number of benzene rings is 3. The van der Waals surface area contributed by atoms with E-state index in [1.807, 2.05) is 49.3 Å². The molecule has 0 spiro atoms. The van der Waals surface area contributed by atoms with Gasteiger partial charge in [0.05, 0.1) is 4.90 Å². The molecule has 0 heterocycles. The lowest BCUT2D eigenvalue weighted by molar-refractivity contribution is 0.601. The van der Waals surface area contributed by atoms with Crippen LogP contribution in [0.4, 0.5) is 11.4 Å². The van der Waals surface area contributed by atoms with Crippen LogP contribution in [0.5, 0.6) is 0 Å². The van der Waals surface area contributed by atoms with Crippen molar-refractivity contribution in [1.29, 1.82) is 0 Å². The van der Waals surface area contributed by atoms with Crippen LogP contribution in [0.2, 0.25) is 5.02 Å². The smallest absolute Gasteiger partial charge is 0.261 e. The lowest BCUT2D eigenvalue weighted by Gasteiger charge is -2.14. The van der Waals surface area contributed by atoms with E-state index >= 15 is 0 Å². The fourth-order valence-electron chi connectivity index (χ4n) is 2.53. The Kier molecular flexibility index (Phi) is 5.20. The van der Waals surface area contributed by atoms with E-state index < -0.39 is 10.0 Å². The molecule has 0 aliphatic heterocycles. The first-order chi connectivity index (χ1) is 12.3. The van der Waals surface area contributed by atoms with Gasteiger partial charge in [0, 0.05) is 30.5 Å². The maximum absolute atomic E-state index is 12.7. The van der Waals surface area contributed by atoms with Crippen molar-refractivity contribution in [2.24, 2.45) is 0 Å². The van der Waals surface area contributed by atoms with Gasteiger partial charge in [-0.1, -0.05) is 35.9 Å². The lowest BCUT2D eigenvalue weighted by atomic mass is 10.1. The number of sulfonamides is 1. The summed E-state index contributed by atoms with van der Waals surface area (Å²) in [5.74, 6) is 0. The molecule has 0 unspecified atom stereocenters. The average molecular weight is 387 g/mol. The Bertz CT molecular complexity index is 999. The van der Waals surface area contributed by atoms with Crippen molar-refractivity contribution in [2.75, 3.05) is 23.7 Å². The zero-order valence-electron chi connectivity index (χ0n) is 14.5. The van der Waals surface area contributed by atoms with Gasteiger partial charge in [0.15, 0.2) is 0 Å². The minimum absolute atomic E-state index is 0.210. The molecule has 0 fully saturated rings. The number of hydrogen-bond donors (Lipinski definition) is 1. The van der Waals surface area contributed by atoms with Gasteiger partial charge in [-0.2, -0.15) is 0 Å². The van der Waals surface area contributed by atoms with Gasteiger partial charge in [-0.3, -0.25) is 4.72 Å². The fourth-order valence-corrected chi connectivity index (χ4v) is 3.76. The summed E-state index contributed by atoms with van der Waals surface area (Å²) in [5, 5.41) is 0.639. The SMILES string of the molecule is CN(C)c1ccc(NS(=O)(=O)c2cccc(-c3ccc(Cl)cc3)c2)cc1. The van der Waals surface area contributed by atoms with Crippen LogP contribution in [0.15, 0.2) is 77.7 Å². The number of nitrogens with one attached hydrogen (secondary N) is 1. The summed E-state index contributed by atoms with van der Waals surface area (Å²) >= 11 is 5.91. The Morgan fingerprint density at radius 2 is 1.50 bits per heavy atom. The van der Waals surface area contributed by atoms with Crippen molar-refractivity contribution in [3.05, 3.63) is 77.8 Å². The van der Waals surface area contributed by atoms with E-state index in [4.69, 9.17) is 11.6 Å². The van der Waals surface area contributed by atoms with Crippen molar-refractivity contribution in [3.63, 3.8) is 0 Å². The Hall–Kier alpha value is -2.50. The van der Waals surface area contributed by atoms with Gasteiger partial charge in [-0.15, -0.1) is 0 Å². The first-order valence-corrected chi connectivity index (χ1v) is 9.87. The Labute approximate surface area is 159 Å². The highest BCUT2D eigenvalue weighted by molar-refractivity contribution is 7.92. The van der Waals surface area contributed by atoms with Crippen LogP contribution < -0.4 is 9.62 Å². The molecule has 26 heavy (non-hydrogen) atoms. The summed E-state index contributed by atoms with van der Waals surface area (Å²) in [7, 11) is 0.189. The molecule has 3 rings (SSSR count). The lowest BCUT2D eigenvalue weighted by Crippen LogP contribution is -2.13. The van der Waals surface area contributed by atoms with Crippen molar-refractivity contribution in [3.8, 4) is 11.1 Å². The number of halogens is 1. The molecule has 4 nitrogen and oxygen atoms in total. The maximum atomic E-state index is 12.7. The molecule has 0 aliphatic rings. The van der Waals surface area contributed by atoms with Crippen LogP contribution in [0.3, 0.4) is 0 Å². The van der Waals surface area contributed by atoms with Gasteiger partial charge in [0.1, 0.15) is 0 Å². The van der Waals surface area contributed by atoms with Gasteiger partial charge >= 0.3 is 0 Å². The first kappa shape index (κ1) is 18.3. The molecule has 6 heteroatoms. The Morgan fingerprint density at radius 1 is 0.846 bits per heavy atom. The molecular formula is C20H19ClN2O2S. The third-order valence-electron chi connectivity index (χ3n) is 3.96. The molecule has 0 atom stereocenters. The van der Waals surface area contributed by atoms with Crippen LogP contribution >= 0.6 is 11.6 Å². The highest BCUT2D eigenvalue weighted by atomic mass is 35.5. The van der Waals surface area contributed by atoms with E-state index in [0.717, 1.165) is 16.8 Å². The molecule has 0 saturated heterocycles. The van der Waals surface area contributed by atoms with E-state index in [2.05, 4.69) is 4.72 Å². The van der Waals surface area contributed by atoms with Gasteiger partial charge in [-0.05, 0) is 59.7 Å². The molecule has 0 radical (unpaired) electrons. The van der Waals surface area contributed by atoms with E-state index in [0.29, 0.717) is 10.7 Å². The topological polar surface area (TPSA) is 49.4 Å². The molecule has 0 bridgehead atoms. The predicted molar refractivity (Wildman–Crippen MR) is 108 cm³/mol. The van der Waals surface area contributed by atoms with E-state index in [-0.39, 0.29) is 4.90 Å². The second-order valence-corrected chi connectivity index (χ2v) is 8.20. The summed E-state index contributed by atoms with van der Waals surface area (Å²) in [6, 6.07) is 21.3. The Morgan fingerprint density at radius 3 is 2.12 bits per heavy atom. The number of nitrogens with zero attached hydrogens (tertiary/aromatic N) is 1. The minimum atomic E-state index is -3.67. The van der Waals surface area contributed by atoms with Crippen molar-refractivity contribution in [1.82, 2.24) is 0 Å². The third-order valence-corrected chi connectivity index (χ3v) is 5.59. The molecular weight excluding hydrogens is 368 g/mol. The summed E-state index contributed by atoms with van der Waals surface area (Å²) in [4.78, 5) is 2.16. The summed E-state index contributed by atoms with van der Waals surface area (Å²) < 4.78 is 28.1. The highest BCUT2D eigenvalue weighted by Crippen LogP contribution is 2.25. The monoisotopic (exact) mass is 386 g/mol. The molecule has 1 N–H and O–H groups in total. The standard InChI is InChI=1S/C20H19ClN2O2S/c1-23(2)19-12-10-18(11-13-19)22-26(24,25)20-5-3-4-16(14-20)15-6-8-17(21)9-7-15/h3-14,22H,1-2H3. The molecule has 0 amide bonds. The first-order valence-electron chi connectivity index (χ1n) is 8.01. The molecule has 0 aliphatic carbocycles. The van der Waals surface area contributed by atoms with Crippen LogP contribution in [-0.4, -0.2) is 22.5 Å². The van der Waals surface area contributed by atoms with Gasteiger partial charge in [-0.25, -0.2) is 8.42 Å². The van der Waals surface area contributed by atoms with Crippen LogP contribution in [0, 0.1) is 0 Å². The third kappa shape index (κ3) is 4.18. The Balaban J connectivity index is 1.87. The number of hydrogen-bond acceptors (Lipinski definition) is 3. The number of rotatable bonds is 5. The molecule has 3 aromatic carbocycles. The summed E-state index contributed by atoms with van der Waals surface area (Å²) in [5.41, 5.74) is 3.24. The van der Waals surface area contributed by atoms with Crippen LogP contribution in [0.25, 0.3) is 11.1 Å². The zero-order chi connectivity index (χ0) is 18.7. The zero-order valence-corrected chi connectivity index (χ0v) is 16.1. The van der Waals surface area contributed by atoms with E-state index in [1.165, 1.54) is 0 Å². The normalized spacial score (nSPS) is 11.2. The van der Waals surface area contributed by atoms with Gasteiger partial charge < -0.3 is 4.90 Å². The van der Waals surface area contributed by atoms with Crippen molar-refractivity contribution < 1.29 is 8.42 Å². The molecule has 0 saturated carbocycles. The van der Waals surface area contributed by atoms with Crippen LogP contribution in [-0.2, 0) is 10.0 Å². The number of anilines is 2. The van der Waals surface area contributed by atoms with Crippen molar-refractivity contribution in [2.45, 2.75) is 4.90 Å². The second-order valence-electron chi connectivity index (χ2n) is 6.08. The highest BCUT2D eigenvalue weighted by Gasteiger charge is 2.15. The van der Waals surface area contributed by atoms with Gasteiger partial charge in [0.2, 0.25) is 0 Å². The second kappa shape index (κ2) is 7.40. The average Bonchev–Trinajstić information content (AvgIpc) is 2.62. The summed E-state index contributed by atoms with van der Waals surface area (Å²) in [6.07, 6.45) is 0. The predicted octanol–water partition coefficient (Wildman–Crippen LogP) is 4.87. The van der Waals surface area contributed by atoms with Crippen LogP contribution in [0.1, 0.15) is 0 Å². The molecule has 134 valence electrons. The van der Waals surface area contributed by atoms with Gasteiger partial charge in [0.25, 0.3) is 10.0 Å². The van der Waals surface area contributed by atoms with Crippen molar-refractivity contribution >= 4 is 33.0 Å². The van der Waals surface area contributed by atoms with E-state index in [9.17, 15) is 8.42 Å².